The smallest absolute Gasteiger partial charge is 0.338 e. The monoisotopic (exact) mass is 259 g/mol. The van der Waals surface area contributed by atoms with Crippen molar-refractivity contribution in [3.63, 3.8) is 0 Å². The van der Waals surface area contributed by atoms with Crippen LogP contribution in [0.3, 0.4) is 0 Å². The molecule has 0 radical (unpaired) electrons. The number of nitrogens with zero attached hydrogens (tertiary/aromatic N) is 1. The molecule has 0 bridgehead atoms. The Balaban J connectivity index is 2.25. The highest BCUT2D eigenvalue weighted by atomic mass is 19.1. The maximum Gasteiger partial charge on any atom is 0.338 e. The Morgan fingerprint density at radius 3 is 2.47 bits per heavy atom. The summed E-state index contributed by atoms with van der Waals surface area (Å²) in [6, 6.07) is 14.0. The standard InChI is InChI=1S/C15H14FNO2/c1-17(12-7-3-2-4-8-12)10-11-6-5-9-13(14(11)16)15(18)19/h2-9H,10H2,1H3,(H,18,19). The van der Waals surface area contributed by atoms with E-state index in [1.807, 2.05) is 42.3 Å². The van der Waals surface area contributed by atoms with Gasteiger partial charge >= 0.3 is 5.97 Å². The van der Waals surface area contributed by atoms with Crippen LogP contribution in [0.5, 0.6) is 0 Å². The number of carbonyl (C=O) groups is 1. The number of hydrogen-bond acceptors (Lipinski definition) is 2. The summed E-state index contributed by atoms with van der Waals surface area (Å²) in [7, 11) is 1.84. The molecular weight excluding hydrogens is 245 g/mol. The molecule has 2 aromatic carbocycles. The number of carboxylic acids is 1. The van der Waals surface area contributed by atoms with E-state index in [-0.39, 0.29) is 5.56 Å². The summed E-state index contributed by atoms with van der Waals surface area (Å²) in [5.41, 5.74) is 1.02. The summed E-state index contributed by atoms with van der Waals surface area (Å²) >= 11 is 0. The number of benzene rings is 2. The lowest BCUT2D eigenvalue weighted by molar-refractivity contribution is 0.0691. The highest BCUT2D eigenvalue weighted by molar-refractivity contribution is 5.88. The Morgan fingerprint density at radius 1 is 1.16 bits per heavy atom. The summed E-state index contributed by atoms with van der Waals surface area (Å²) in [4.78, 5) is 12.7. The quantitative estimate of drug-likeness (QED) is 0.916. The Kier molecular flexibility index (Phi) is 3.80. The predicted octanol–water partition coefficient (Wildman–Crippen LogP) is 3.16. The van der Waals surface area contributed by atoms with E-state index in [4.69, 9.17) is 5.11 Å². The Labute approximate surface area is 110 Å². The van der Waals surface area contributed by atoms with E-state index >= 15 is 0 Å². The van der Waals surface area contributed by atoms with Crippen molar-refractivity contribution in [2.24, 2.45) is 0 Å². The second-order valence-corrected chi connectivity index (χ2v) is 4.28. The van der Waals surface area contributed by atoms with Gasteiger partial charge in [0.25, 0.3) is 0 Å². The summed E-state index contributed by atoms with van der Waals surface area (Å²) < 4.78 is 14.0. The van der Waals surface area contributed by atoms with Crippen molar-refractivity contribution < 1.29 is 14.3 Å². The molecule has 1 N–H and O–H groups in total. The van der Waals surface area contributed by atoms with E-state index in [2.05, 4.69) is 0 Å². The maximum atomic E-state index is 14.0. The number of hydrogen-bond donors (Lipinski definition) is 1. The van der Waals surface area contributed by atoms with Crippen LogP contribution in [0.15, 0.2) is 48.5 Å². The molecule has 0 aliphatic rings. The normalized spacial score (nSPS) is 10.2. The lowest BCUT2D eigenvalue weighted by Crippen LogP contribution is -2.18. The van der Waals surface area contributed by atoms with Gasteiger partial charge in [-0.1, -0.05) is 30.3 Å². The second kappa shape index (κ2) is 5.52. The summed E-state index contributed by atoms with van der Waals surface area (Å²) in [6.07, 6.45) is 0. The summed E-state index contributed by atoms with van der Waals surface area (Å²) in [5, 5.41) is 8.89. The van der Waals surface area contributed by atoms with Crippen LogP contribution in [-0.4, -0.2) is 18.1 Å². The van der Waals surface area contributed by atoms with E-state index in [1.54, 1.807) is 12.1 Å². The minimum Gasteiger partial charge on any atom is -0.478 e. The summed E-state index contributed by atoms with van der Waals surface area (Å²) in [6.45, 7) is 0.316. The SMILES string of the molecule is CN(Cc1cccc(C(=O)O)c1F)c1ccccc1. The molecule has 4 heteroatoms. The van der Waals surface area contributed by atoms with Crippen molar-refractivity contribution >= 4 is 11.7 Å². The molecule has 98 valence electrons. The van der Waals surface area contributed by atoms with Crippen LogP contribution in [0.1, 0.15) is 15.9 Å². The first-order valence-corrected chi connectivity index (χ1v) is 5.86. The third-order valence-corrected chi connectivity index (χ3v) is 2.91. The number of carboxylic acid groups (broad SMARTS) is 1. The van der Waals surface area contributed by atoms with Gasteiger partial charge < -0.3 is 10.0 Å². The van der Waals surface area contributed by atoms with E-state index in [0.29, 0.717) is 12.1 Å². The average Bonchev–Trinajstić information content (AvgIpc) is 2.41. The van der Waals surface area contributed by atoms with Crippen molar-refractivity contribution in [3.05, 3.63) is 65.5 Å². The highest BCUT2D eigenvalue weighted by Crippen LogP contribution is 2.18. The number of halogens is 1. The van der Waals surface area contributed by atoms with Gasteiger partial charge in [-0.05, 0) is 18.2 Å². The first-order chi connectivity index (χ1) is 9.09. The van der Waals surface area contributed by atoms with Crippen molar-refractivity contribution in [2.75, 3.05) is 11.9 Å². The van der Waals surface area contributed by atoms with Crippen molar-refractivity contribution in [3.8, 4) is 0 Å². The molecule has 0 saturated carbocycles. The first kappa shape index (κ1) is 13.1. The fourth-order valence-electron chi connectivity index (χ4n) is 1.90. The fourth-order valence-corrected chi connectivity index (χ4v) is 1.90. The maximum absolute atomic E-state index is 14.0. The molecule has 0 atom stereocenters. The molecule has 0 saturated heterocycles. The number of aromatic carboxylic acids is 1. The molecule has 0 amide bonds. The third-order valence-electron chi connectivity index (χ3n) is 2.91. The lowest BCUT2D eigenvalue weighted by atomic mass is 10.1. The van der Waals surface area contributed by atoms with Crippen molar-refractivity contribution in [1.82, 2.24) is 0 Å². The minimum absolute atomic E-state index is 0.293. The highest BCUT2D eigenvalue weighted by Gasteiger charge is 2.14. The van der Waals surface area contributed by atoms with Crippen molar-refractivity contribution in [1.29, 1.82) is 0 Å². The van der Waals surface area contributed by atoms with E-state index in [1.165, 1.54) is 6.07 Å². The Hall–Kier alpha value is -2.36. The van der Waals surface area contributed by atoms with E-state index in [9.17, 15) is 9.18 Å². The third kappa shape index (κ3) is 2.91. The largest absolute Gasteiger partial charge is 0.478 e. The Bertz CT molecular complexity index is 584. The van der Waals surface area contributed by atoms with Gasteiger partial charge in [0, 0.05) is 24.8 Å². The van der Waals surface area contributed by atoms with Gasteiger partial charge in [0.2, 0.25) is 0 Å². The molecule has 2 aromatic rings. The van der Waals surface area contributed by atoms with E-state index in [0.717, 1.165) is 5.69 Å². The van der Waals surface area contributed by atoms with Crippen LogP contribution in [0, 0.1) is 5.82 Å². The molecule has 0 aromatic heterocycles. The molecule has 0 unspecified atom stereocenters. The van der Waals surface area contributed by atoms with Gasteiger partial charge in [0.1, 0.15) is 5.82 Å². The second-order valence-electron chi connectivity index (χ2n) is 4.28. The first-order valence-electron chi connectivity index (χ1n) is 5.86. The van der Waals surface area contributed by atoms with Crippen LogP contribution < -0.4 is 4.90 Å². The zero-order valence-corrected chi connectivity index (χ0v) is 10.5. The molecule has 0 aliphatic carbocycles. The molecule has 0 fully saturated rings. The van der Waals surface area contributed by atoms with Gasteiger partial charge in [-0.3, -0.25) is 0 Å². The van der Waals surface area contributed by atoms with Gasteiger partial charge in [-0.25, -0.2) is 9.18 Å². The number of para-hydroxylation sites is 1. The summed E-state index contributed by atoms with van der Waals surface area (Å²) in [5.74, 6) is -1.92. The minimum atomic E-state index is -1.25. The van der Waals surface area contributed by atoms with Crippen molar-refractivity contribution in [2.45, 2.75) is 6.54 Å². The van der Waals surface area contributed by atoms with Crippen LogP contribution in [0.2, 0.25) is 0 Å². The topological polar surface area (TPSA) is 40.5 Å². The average molecular weight is 259 g/mol. The Morgan fingerprint density at radius 2 is 1.84 bits per heavy atom. The lowest BCUT2D eigenvalue weighted by Gasteiger charge is -2.20. The fraction of sp³-hybridized carbons (Fsp3) is 0.133. The number of anilines is 1. The van der Waals surface area contributed by atoms with Gasteiger partial charge in [0.15, 0.2) is 0 Å². The molecule has 19 heavy (non-hydrogen) atoms. The zero-order valence-electron chi connectivity index (χ0n) is 10.5. The van der Waals surface area contributed by atoms with Crippen LogP contribution in [-0.2, 0) is 6.54 Å². The predicted molar refractivity (Wildman–Crippen MR) is 71.9 cm³/mol. The molecule has 3 nitrogen and oxygen atoms in total. The van der Waals surface area contributed by atoms with Gasteiger partial charge in [-0.2, -0.15) is 0 Å². The molecule has 0 aliphatic heterocycles. The van der Waals surface area contributed by atoms with Gasteiger partial charge in [-0.15, -0.1) is 0 Å². The molecular formula is C15H14FNO2. The van der Waals surface area contributed by atoms with Gasteiger partial charge in [0.05, 0.1) is 5.56 Å². The molecule has 2 rings (SSSR count). The molecule has 0 spiro atoms. The zero-order chi connectivity index (χ0) is 13.8. The van der Waals surface area contributed by atoms with E-state index < -0.39 is 11.8 Å². The number of rotatable bonds is 4. The van der Waals surface area contributed by atoms with Crippen LogP contribution in [0.25, 0.3) is 0 Å². The van der Waals surface area contributed by atoms with Crippen LogP contribution in [0.4, 0.5) is 10.1 Å². The van der Waals surface area contributed by atoms with Crippen LogP contribution >= 0.6 is 0 Å². The molecule has 0 heterocycles.